The molecule has 2 aromatic rings. The molecule has 0 radical (unpaired) electrons. The van der Waals surface area contributed by atoms with Gasteiger partial charge in [0, 0.05) is 25.7 Å². The molecule has 0 amide bonds. The van der Waals surface area contributed by atoms with Crippen molar-refractivity contribution in [1.82, 2.24) is 4.98 Å². The molecule has 2 rings (SSSR count). The zero-order valence-corrected chi connectivity index (χ0v) is 13.2. The Morgan fingerprint density at radius 2 is 1.88 bits per heavy atom. The number of nitrogen functional groups attached to an aromatic ring is 1. The molecule has 0 atom stereocenters. The van der Waals surface area contributed by atoms with E-state index < -0.39 is 0 Å². The summed E-state index contributed by atoms with van der Waals surface area (Å²) in [6.07, 6.45) is 0. The van der Waals surface area contributed by atoms with Crippen molar-refractivity contribution in [2.45, 2.75) is 26.7 Å². The van der Waals surface area contributed by atoms with Crippen LogP contribution in [0.4, 0.5) is 5.69 Å². The number of pyridine rings is 1. The summed E-state index contributed by atoms with van der Waals surface area (Å²) in [7, 11) is 0. The Labute approximate surface area is 118 Å². The van der Waals surface area contributed by atoms with E-state index in [4.69, 9.17) is 5.73 Å². The summed E-state index contributed by atoms with van der Waals surface area (Å²) >= 11 is 7.01. The van der Waals surface area contributed by atoms with Crippen LogP contribution in [0.2, 0.25) is 0 Å². The van der Waals surface area contributed by atoms with Crippen LogP contribution in [0, 0.1) is 6.92 Å². The van der Waals surface area contributed by atoms with E-state index in [0.717, 1.165) is 36.8 Å². The maximum atomic E-state index is 6.28. The van der Waals surface area contributed by atoms with Crippen LogP contribution in [0.25, 0.3) is 10.9 Å². The standard InChI is InChI=1S/C13H14Br2N2/c1-6(2)11-7(3)17-13-9(12(11)16)4-8(14)5-10(13)15/h4-6H,1-3H3,(H2,16,17). The molecule has 0 fully saturated rings. The lowest BCUT2D eigenvalue weighted by atomic mass is 9.97. The SMILES string of the molecule is Cc1nc2c(Br)cc(Br)cc2c(N)c1C(C)C. The summed E-state index contributed by atoms with van der Waals surface area (Å²) in [5.41, 5.74) is 10.2. The topological polar surface area (TPSA) is 38.9 Å². The van der Waals surface area contributed by atoms with Gasteiger partial charge in [-0.1, -0.05) is 29.8 Å². The van der Waals surface area contributed by atoms with Crippen LogP contribution >= 0.6 is 31.9 Å². The first-order valence-corrected chi connectivity index (χ1v) is 7.05. The Morgan fingerprint density at radius 1 is 1.24 bits per heavy atom. The second-order valence-corrected chi connectivity index (χ2v) is 6.23. The highest BCUT2D eigenvalue weighted by Gasteiger charge is 2.15. The number of nitrogens with two attached hydrogens (primary N) is 1. The number of hydrogen-bond donors (Lipinski definition) is 1. The maximum absolute atomic E-state index is 6.28. The second kappa shape index (κ2) is 4.58. The molecular weight excluding hydrogens is 344 g/mol. The van der Waals surface area contributed by atoms with Crippen molar-refractivity contribution in [2.24, 2.45) is 0 Å². The maximum Gasteiger partial charge on any atom is 0.0868 e. The van der Waals surface area contributed by atoms with Crippen molar-refractivity contribution in [3.05, 3.63) is 32.3 Å². The van der Waals surface area contributed by atoms with Crippen molar-refractivity contribution in [3.63, 3.8) is 0 Å². The van der Waals surface area contributed by atoms with Gasteiger partial charge in [-0.2, -0.15) is 0 Å². The Bertz CT molecular complexity index is 592. The second-order valence-electron chi connectivity index (χ2n) is 4.46. The summed E-state index contributed by atoms with van der Waals surface area (Å²) in [4.78, 5) is 4.65. The monoisotopic (exact) mass is 356 g/mol. The number of halogens is 2. The van der Waals surface area contributed by atoms with Crippen LogP contribution < -0.4 is 5.73 Å². The number of benzene rings is 1. The van der Waals surface area contributed by atoms with E-state index in [9.17, 15) is 0 Å². The first-order chi connectivity index (χ1) is 7.91. The number of rotatable bonds is 1. The molecule has 17 heavy (non-hydrogen) atoms. The quantitative estimate of drug-likeness (QED) is 0.797. The molecule has 0 aliphatic heterocycles. The summed E-state index contributed by atoms with van der Waals surface area (Å²) in [5.74, 6) is 0.379. The lowest BCUT2D eigenvalue weighted by Gasteiger charge is -2.15. The van der Waals surface area contributed by atoms with E-state index >= 15 is 0 Å². The summed E-state index contributed by atoms with van der Waals surface area (Å²) in [6.45, 7) is 6.29. The fourth-order valence-corrected chi connectivity index (χ4v) is 3.50. The smallest absolute Gasteiger partial charge is 0.0868 e. The molecule has 4 heteroatoms. The number of anilines is 1. The van der Waals surface area contributed by atoms with Crippen LogP contribution in [0.1, 0.15) is 31.0 Å². The van der Waals surface area contributed by atoms with Crippen LogP contribution in [-0.4, -0.2) is 4.98 Å². The van der Waals surface area contributed by atoms with Gasteiger partial charge in [-0.3, -0.25) is 4.98 Å². The predicted octanol–water partition coefficient (Wildman–Crippen LogP) is 4.77. The van der Waals surface area contributed by atoms with E-state index in [1.54, 1.807) is 0 Å². The number of aromatic nitrogens is 1. The van der Waals surface area contributed by atoms with Gasteiger partial charge >= 0.3 is 0 Å². The minimum Gasteiger partial charge on any atom is -0.398 e. The number of aryl methyl sites for hydroxylation is 1. The fraction of sp³-hybridized carbons (Fsp3) is 0.308. The lowest BCUT2D eigenvalue weighted by Crippen LogP contribution is -2.03. The molecule has 1 heterocycles. The highest BCUT2D eigenvalue weighted by atomic mass is 79.9. The molecule has 0 saturated carbocycles. The molecule has 0 spiro atoms. The zero-order valence-electron chi connectivity index (χ0n) is 10.0. The van der Waals surface area contributed by atoms with Gasteiger partial charge in [0.15, 0.2) is 0 Å². The third kappa shape index (κ3) is 2.20. The average Bonchev–Trinajstić information content (AvgIpc) is 2.19. The van der Waals surface area contributed by atoms with Gasteiger partial charge < -0.3 is 5.73 Å². The van der Waals surface area contributed by atoms with E-state index in [-0.39, 0.29) is 0 Å². The average molecular weight is 358 g/mol. The molecule has 0 bridgehead atoms. The largest absolute Gasteiger partial charge is 0.398 e. The number of hydrogen-bond acceptors (Lipinski definition) is 2. The van der Waals surface area contributed by atoms with Gasteiger partial charge in [0.05, 0.1) is 5.52 Å². The van der Waals surface area contributed by atoms with Gasteiger partial charge in [0.25, 0.3) is 0 Å². The van der Waals surface area contributed by atoms with Crippen LogP contribution in [0.15, 0.2) is 21.1 Å². The van der Waals surface area contributed by atoms with Gasteiger partial charge in [0.2, 0.25) is 0 Å². The molecule has 0 saturated heterocycles. The Hall–Kier alpha value is -0.610. The first kappa shape index (κ1) is 12.8. The minimum absolute atomic E-state index is 0.379. The molecule has 2 N–H and O–H groups in total. The van der Waals surface area contributed by atoms with Crippen molar-refractivity contribution in [3.8, 4) is 0 Å². The van der Waals surface area contributed by atoms with E-state index in [1.807, 2.05) is 19.1 Å². The summed E-state index contributed by atoms with van der Waals surface area (Å²) in [5, 5.41) is 1.00. The first-order valence-electron chi connectivity index (χ1n) is 5.46. The van der Waals surface area contributed by atoms with Crippen molar-refractivity contribution >= 4 is 48.5 Å². The van der Waals surface area contributed by atoms with Crippen molar-refractivity contribution < 1.29 is 0 Å². The van der Waals surface area contributed by atoms with Gasteiger partial charge in [-0.15, -0.1) is 0 Å². The summed E-state index contributed by atoms with van der Waals surface area (Å²) < 4.78 is 1.97. The summed E-state index contributed by atoms with van der Waals surface area (Å²) in [6, 6.07) is 4.01. The van der Waals surface area contributed by atoms with E-state index in [2.05, 4.69) is 50.7 Å². The molecule has 2 nitrogen and oxygen atoms in total. The predicted molar refractivity (Wildman–Crippen MR) is 80.4 cm³/mol. The third-order valence-electron chi connectivity index (χ3n) is 2.86. The van der Waals surface area contributed by atoms with Gasteiger partial charge in [0.1, 0.15) is 0 Å². The Morgan fingerprint density at radius 3 is 2.47 bits per heavy atom. The Kier molecular flexibility index (Phi) is 3.46. The van der Waals surface area contributed by atoms with Crippen LogP contribution in [-0.2, 0) is 0 Å². The van der Waals surface area contributed by atoms with Gasteiger partial charge in [-0.05, 0) is 46.5 Å². The molecule has 1 aromatic heterocycles. The van der Waals surface area contributed by atoms with Crippen LogP contribution in [0.5, 0.6) is 0 Å². The zero-order chi connectivity index (χ0) is 12.7. The molecule has 0 aliphatic carbocycles. The molecule has 90 valence electrons. The highest BCUT2D eigenvalue weighted by Crippen LogP contribution is 2.35. The van der Waals surface area contributed by atoms with Crippen molar-refractivity contribution in [1.29, 1.82) is 0 Å². The van der Waals surface area contributed by atoms with E-state index in [0.29, 0.717) is 5.92 Å². The van der Waals surface area contributed by atoms with Gasteiger partial charge in [-0.25, -0.2) is 0 Å². The normalized spacial score (nSPS) is 11.4. The van der Waals surface area contributed by atoms with E-state index in [1.165, 1.54) is 0 Å². The highest BCUT2D eigenvalue weighted by molar-refractivity contribution is 9.11. The van der Waals surface area contributed by atoms with Crippen molar-refractivity contribution in [2.75, 3.05) is 5.73 Å². The fourth-order valence-electron chi connectivity index (χ4n) is 2.18. The Balaban J connectivity index is 2.92. The lowest BCUT2D eigenvalue weighted by molar-refractivity contribution is 0.851. The third-order valence-corrected chi connectivity index (χ3v) is 3.92. The number of fused-ring (bicyclic) bond motifs is 1. The molecule has 1 aromatic carbocycles. The minimum atomic E-state index is 0.379. The molecule has 0 unspecified atom stereocenters. The molecular formula is C13H14Br2N2. The molecule has 0 aliphatic rings. The number of nitrogens with zero attached hydrogens (tertiary/aromatic N) is 1. The van der Waals surface area contributed by atoms with Crippen LogP contribution in [0.3, 0.4) is 0 Å².